The van der Waals surface area contributed by atoms with Crippen LogP contribution in [-0.4, -0.2) is 4.92 Å². The molecular formula is C32H29NO2. The third kappa shape index (κ3) is 2.90. The van der Waals surface area contributed by atoms with Crippen LogP contribution in [0.3, 0.4) is 0 Å². The summed E-state index contributed by atoms with van der Waals surface area (Å²) in [5.41, 5.74) is 7.33. The van der Waals surface area contributed by atoms with Crippen LogP contribution in [0, 0.1) is 27.9 Å². The normalized spacial score (nSPS) is 26.5. The van der Waals surface area contributed by atoms with Crippen molar-refractivity contribution in [1.82, 2.24) is 0 Å². The molecule has 0 aliphatic heterocycles. The molecule has 0 radical (unpaired) electrons. The number of hydrogen-bond donors (Lipinski definition) is 0. The zero-order valence-electron chi connectivity index (χ0n) is 20.0. The minimum Gasteiger partial charge on any atom is -0.258 e. The molecule has 0 aromatic heterocycles. The lowest BCUT2D eigenvalue weighted by Gasteiger charge is -2.51. The second-order valence-corrected chi connectivity index (χ2v) is 11.1. The average Bonchev–Trinajstić information content (AvgIpc) is 3.16. The SMILES string of the molecule is CC1CC2CCC3(c4ccccc4-c4cccc(-c5cc6ccccc6cc5[N+](=O)[O-])c43)C(C1)C2. The van der Waals surface area contributed by atoms with Crippen LogP contribution in [0.25, 0.3) is 33.0 Å². The molecular weight excluding hydrogens is 430 g/mol. The molecule has 174 valence electrons. The number of rotatable bonds is 2. The standard InChI is InChI=1S/C32H29NO2/c1-20-15-21-13-14-32(24(16-20)17-21)29-12-5-4-9-25(29)26-10-6-11-27(31(26)32)28-18-22-7-2-3-8-23(22)19-30(28)33(34)35/h2-12,18-21,24H,13-17H2,1H3. The summed E-state index contributed by atoms with van der Waals surface area (Å²) in [5.74, 6) is 2.12. The molecule has 7 rings (SSSR count). The number of nitro groups is 1. The van der Waals surface area contributed by atoms with Gasteiger partial charge < -0.3 is 0 Å². The molecule has 3 nitrogen and oxygen atoms in total. The van der Waals surface area contributed by atoms with Gasteiger partial charge in [0.15, 0.2) is 0 Å². The highest BCUT2D eigenvalue weighted by molar-refractivity contribution is 5.96. The van der Waals surface area contributed by atoms with Gasteiger partial charge in [-0.25, -0.2) is 0 Å². The Labute approximate surface area is 206 Å². The lowest BCUT2D eigenvalue weighted by atomic mass is 9.53. The van der Waals surface area contributed by atoms with Crippen molar-refractivity contribution in [3.63, 3.8) is 0 Å². The Morgan fingerprint density at radius 3 is 2.29 bits per heavy atom. The largest absolute Gasteiger partial charge is 0.277 e. The van der Waals surface area contributed by atoms with Gasteiger partial charge >= 0.3 is 0 Å². The van der Waals surface area contributed by atoms with Crippen LogP contribution < -0.4 is 0 Å². The van der Waals surface area contributed by atoms with Crippen LogP contribution in [0.4, 0.5) is 5.69 Å². The van der Waals surface area contributed by atoms with E-state index in [4.69, 9.17) is 0 Å². The summed E-state index contributed by atoms with van der Waals surface area (Å²) < 4.78 is 0. The Balaban J connectivity index is 1.55. The van der Waals surface area contributed by atoms with E-state index >= 15 is 0 Å². The molecule has 1 spiro atoms. The van der Waals surface area contributed by atoms with E-state index < -0.39 is 0 Å². The predicted molar refractivity (Wildman–Crippen MR) is 141 cm³/mol. The molecule has 0 heterocycles. The fourth-order valence-electron chi connectivity index (χ4n) is 8.02. The van der Waals surface area contributed by atoms with Crippen molar-refractivity contribution in [2.45, 2.75) is 44.4 Å². The summed E-state index contributed by atoms with van der Waals surface area (Å²) in [5, 5.41) is 14.3. The maximum absolute atomic E-state index is 12.3. The first-order valence-corrected chi connectivity index (χ1v) is 13.0. The number of hydrogen-bond acceptors (Lipinski definition) is 2. The van der Waals surface area contributed by atoms with Crippen molar-refractivity contribution < 1.29 is 4.92 Å². The Kier molecular flexibility index (Phi) is 4.48. The maximum atomic E-state index is 12.3. The monoisotopic (exact) mass is 459 g/mol. The highest BCUT2D eigenvalue weighted by Crippen LogP contribution is 2.64. The first-order chi connectivity index (χ1) is 17.1. The topological polar surface area (TPSA) is 43.1 Å². The van der Waals surface area contributed by atoms with Gasteiger partial charge in [-0.2, -0.15) is 0 Å². The first-order valence-electron chi connectivity index (χ1n) is 13.0. The Hall–Kier alpha value is -3.46. The number of fused-ring (bicyclic) bond motifs is 9. The summed E-state index contributed by atoms with van der Waals surface area (Å²) in [4.78, 5) is 12.1. The molecule has 4 atom stereocenters. The molecule has 0 N–H and O–H groups in total. The Bertz CT molecular complexity index is 1500. The van der Waals surface area contributed by atoms with E-state index in [0.29, 0.717) is 5.92 Å². The van der Waals surface area contributed by atoms with Crippen LogP contribution in [-0.2, 0) is 5.41 Å². The van der Waals surface area contributed by atoms with Crippen LogP contribution in [0.5, 0.6) is 0 Å². The van der Waals surface area contributed by atoms with Crippen molar-refractivity contribution in [1.29, 1.82) is 0 Å². The molecule has 4 aromatic rings. The van der Waals surface area contributed by atoms with Gasteiger partial charge in [-0.3, -0.25) is 10.1 Å². The molecule has 2 bridgehead atoms. The van der Waals surface area contributed by atoms with E-state index in [1.807, 2.05) is 18.2 Å². The third-order valence-corrected chi connectivity index (χ3v) is 9.24. The van der Waals surface area contributed by atoms with Gasteiger partial charge in [-0.1, -0.05) is 73.7 Å². The summed E-state index contributed by atoms with van der Waals surface area (Å²) in [6.45, 7) is 2.42. The molecule has 0 amide bonds. The average molecular weight is 460 g/mol. The molecule has 2 saturated carbocycles. The zero-order chi connectivity index (χ0) is 23.7. The fraction of sp³-hybridized carbons (Fsp3) is 0.312. The van der Waals surface area contributed by atoms with E-state index in [-0.39, 0.29) is 16.0 Å². The van der Waals surface area contributed by atoms with Gasteiger partial charge in [-0.05, 0) is 94.5 Å². The molecule has 35 heavy (non-hydrogen) atoms. The van der Waals surface area contributed by atoms with Gasteiger partial charge in [0.2, 0.25) is 0 Å². The van der Waals surface area contributed by atoms with Gasteiger partial charge in [0, 0.05) is 11.5 Å². The number of nitrogens with zero attached hydrogens (tertiary/aromatic N) is 1. The lowest BCUT2D eigenvalue weighted by molar-refractivity contribution is -0.384. The van der Waals surface area contributed by atoms with E-state index in [2.05, 4.69) is 61.5 Å². The van der Waals surface area contributed by atoms with Crippen molar-refractivity contribution >= 4 is 16.5 Å². The van der Waals surface area contributed by atoms with Crippen LogP contribution in [0.2, 0.25) is 0 Å². The molecule has 2 fully saturated rings. The quantitative estimate of drug-likeness (QED) is 0.223. The minimum atomic E-state index is -0.199. The Morgan fingerprint density at radius 2 is 1.49 bits per heavy atom. The summed E-state index contributed by atoms with van der Waals surface area (Å²) >= 11 is 0. The van der Waals surface area contributed by atoms with E-state index in [1.54, 1.807) is 6.07 Å². The molecule has 3 aliphatic rings. The van der Waals surface area contributed by atoms with Crippen LogP contribution in [0.15, 0.2) is 78.9 Å². The van der Waals surface area contributed by atoms with Crippen LogP contribution >= 0.6 is 0 Å². The molecule has 4 aromatic carbocycles. The van der Waals surface area contributed by atoms with E-state index in [1.165, 1.54) is 47.9 Å². The van der Waals surface area contributed by atoms with Gasteiger partial charge in [0.25, 0.3) is 5.69 Å². The second-order valence-electron chi connectivity index (χ2n) is 11.1. The molecule has 3 aliphatic carbocycles. The summed E-state index contributed by atoms with van der Waals surface area (Å²) in [7, 11) is 0. The number of nitro benzene ring substituents is 1. The Morgan fingerprint density at radius 1 is 0.800 bits per heavy atom. The highest BCUT2D eigenvalue weighted by atomic mass is 16.6. The van der Waals surface area contributed by atoms with Crippen molar-refractivity contribution in [2.75, 3.05) is 0 Å². The highest BCUT2D eigenvalue weighted by Gasteiger charge is 2.54. The fourth-order valence-corrected chi connectivity index (χ4v) is 8.02. The summed E-state index contributed by atoms with van der Waals surface area (Å²) in [6.07, 6.45) is 6.23. The lowest BCUT2D eigenvalue weighted by Crippen LogP contribution is -2.44. The van der Waals surface area contributed by atoms with Gasteiger partial charge in [0.05, 0.1) is 10.5 Å². The van der Waals surface area contributed by atoms with Gasteiger partial charge in [-0.15, -0.1) is 0 Å². The molecule has 0 saturated heterocycles. The second kappa shape index (κ2) is 7.52. The van der Waals surface area contributed by atoms with E-state index in [9.17, 15) is 10.1 Å². The predicted octanol–water partition coefficient (Wildman–Crippen LogP) is 8.53. The summed E-state index contributed by atoms with van der Waals surface area (Å²) in [6, 6.07) is 27.2. The van der Waals surface area contributed by atoms with Crippen molar-refractivity contribution in [2.24, 2.45) is 17.8 Å². The van der Waals surface area contributed by atoms with Gasteiger partial charge in [0.1, 0.15) is 0 Å². The third-order valence-electron chi connectivity index (χ3n) is 9.24. The smallest absolute Gasteiger partial charge is 0.258 e. The van der Waals surface area contributed by atoms with Crippen molar-refractivity contribution in [3.05, 3.63) is 100 Å². The van der Waals surface area contributed by atoms with E-state index in [0.717, 1.165) is 40.2 Å². The maximum Gasteiger partial charge on any atom is 0.277 e. The first kappa shape index (κ1) is 20.9. The van der Waals surface area contributed by atoms with Crippen LogP contribution in [0.1, 0.15) is 50.2 Å². The zero-order valence-corrected chi connectivity index (χ0v) is 20.0. The number of benzene rings is 4. The molecule has 3 heteroatoms. The molecule has 4 unspecified atom stereocenters. The van der Waals surface area contributed by atoms with Crippen molar-refractivity contribution in [3.8, 4) is 22.3 Å². The minimum absolute atomic E-state index is 0.0623.